The summed E-state index contributed by atoms with van der Waals surface area (Å²) in [7, 11) is 1.65. The molecule has 0 spiro atoms. The number of piperidine rings is 1. The van der Waals surface area contributed by atoms with Crippen LogP contribution in [0.4, 0.5) is 19.3 Å². The maximum Gasteiger partial charge on any atom is 0.321 e. The number of carbonyl (C=O) groups is 1. The molecule has 1 aliphatic rings. The lowest BCUT2D eigenvalue weighted by molar-refractivity contribution is 0.142. The molecule has 1 saturated heterocycles. The van der Waals surface area contributed by atoms with Gasteiger partial charge < -0.3 is 10.2 Å². The lowest BCUT2D eigenvalue weighted by atomic mass is 9.86. The number of carbonyl (C=O) groups excluding carboxylic acids is 1. The second kappa shape index (κ2) is 8.64. The molecule has 0 aromatic carbocycles. The smallest absolute Gasteiger partial charge is 0.321 e. The molecule has 2 aromatic rings. The number of urea groups is 1. The van der Waals surface area contributed by atoms with Crippen LogP contribution in [-0.2, 0) is 7.05 Å². The van der Waals surface area contributed by atoms with Gasteiger partial charge in [-0.3, -0.25) is 4.68 Å². The maximum absolute atomic E-state index is 13.3. The third-order valence-corrected chi connectivity index (χ3v) is 6.59. The summed E-state index contributed by atoms with van der Waals surface area (Å²) >= 11 is 1.44. The van der Waals surface area contributed by atoms with Crippen molar-refractivity contribution in [2.45, 2.75) is 49.7 Å². The molecular weight excluding hydrogens is 398 g/mol. The summed E-state index contributed by atoms with van der Waals surface area (Å²) in [6.45, 7) is 7.16. The summed E-state index contributed by atoms with van der Waals surface area (Å²) in [6, 6.07) is -0.173. The van der Waals surface area contributed by atoms with Gasteiger partial charge in [-0.1, -0.05) is 13.8 Å². The van der Waals surface area contributed by atoms with E-state index in [1.807, 2.05) is 0 Å². The minimum atomic E-state index is -2.59. The highest BCUT2D eigenvalue weighted by Gasteiger charge is 2.36. The van der Waals surface area contributed by atoms with Crippen molar-refractivity contribution in [3.8, 4) is 0 Å². The Kier molecular flexibility index (Phi) is 6.40. The summed E-state index contributed by atoms with van der Waals surface area (Å²) in [5, 5.41) is 6.71. The molecule has 158 valence electrons. The number of rotatable bonds is 5. The molecule has 1 fully saturated rings. The normalized spacial score (nSPS) is 15.8. The quantitative estimate of drug-likeness (QED) is 0.726. The van der Waals surface area contributed by atoms with E-state index in [1.54, 1.807) is 37.5 Å². The Labute approximate surface area is 173 Å². The summed E-state index contributed by atoms with van der Waals surface area (Å²) in [6.07, 6.45) is 3.85. The van der Waals surface area contributed by atoms with Crippen LogP contribution in [0, 0.1) is 12.8 Å². The average Bonchev–Trinajstić information content (AvgIpc) is 3.03. The summed E-state index contributed by atoms with van der Waals surface area (Å²) in [4.78, 5) is 22.9. The van der Waals surface area contributed by atoms with Crippen molar-refractivity contribution < 1.29 is 13.6 Å². The molecule has 7 nitrogen and oxygen atoms in total. The molecule has 10 heteroatoms. The first-order valence-electron chi connectivity index (χ1n) is 9.51. The van der Waals surface area contributed by atoms with Gasteiger partial charge in [0.2, 0.25) is 0 Å². The zero-order chi connectivity index (χ0) is 21.2. The number of nitrogens with one attached hydrogen (secondary N) is 1. The number of anilines is 1. The Morgan fingerprint density at radius 2 is 1.90 bits per heavy atom. The number of amides is 2. The highest BCUT2D eigenvalue weighted by Crippen LogP contribution is 2.44. The van der Waals surface area contributed by atoms with E-state index in [4.69, 9.17) is 0 Å². The third kappa shape index (κ3) is 5.23. The first-order chi connectivity index (χ1) is 13.7. The van der Waals surface area contributed by atoms with Gasteiger partial charge in [0.1, 0.15) is 11.5 Å². The van der Waals surface area contributed by atoms with Gasteiger partial charge in [-0.2, -0.15) is 5.10 Å². The summed E-state index contributed by atoms with van der Waals surface area (Å²) < 4.78 is 27.7. The van der Waals surface area contributed by atoms with E-state index < -0.39 is 6.43 Å². The zero-order valence-electron chi connectivity index (χ0n) is 17.0. The monoisotopic (exact) mass is 424 g/mol. The average molecular weight is 425 g/mol. The van der Waals surface area contributed by atoms with Gasteiger partial charge in [0.05, 0.1) is 23.0 Å². The van der Waals surface area contributed by atoms with Crippen molar-refractivity contribution in [3.05, 3.63) is 30.1 Å². The van der Waals surface area contributed by atoms with Crippen LogP contribution in [0.2, 0.25) is 0 Å². The van der Waals surface area contributed by atoms with Crippen LogP contribution >= 0.6 is 11.8 Å². The number of aromatic nitrogens is 4. The van der Waals surface area contributed by atoms with Crippen molar-refractivity contribution >= 4 is 23.5 Å². The number of halogens is 2. The van der Waals surface area contributed by atoms with Gasteiger partial charge >= 0.3 is 6.03 Å². The molecule has 1 N–H and O–H groups in total. The van der Waals surface area contributed by atoms with E-state index in [-0.39, 0.29) is 16.5 Å². The Hall–Kier alpha value is -2.23. The van der Waals surface area contributed by atoms with E-state index in [0.717, 1.165) is 12.8 Å². The van der Waals surface area contributed by atoms with E-state index in [9.17, 15) is 13.6 Å². The summed E-state index contributed by atoms with van der Waals surface area (Å²) in [5.41, 5.74) is 0.400. The third-order valence-electron chi connectivity index (χ3n) is 5.20. The molecule has 0 radical (unpaired) electrons. The van der Waals surface area contributed by atoms with E-state index in [1.165, 1.54) is 16.4 Å². The molecule has 2 aromatic heterocycles. The van der Waals surface area contributed by atoms with E-state index in [0.29, 0.717) is 35.4 Å². The van der Waals surface area contributed by atoms with Crippen LogP contribution in [0.25, 0.3) is 0 Å². The van der Waals surface area contributed by atoms with E-state index >= 15 is 0 Å². The zero-order valence-corrected chi connectivity index (χ0v) is 17.8. The maximum atomic E-state index is 13.3. The Bertz CT molecular complexity index is 847. The minimum Gasteiger partial charge on any atom is -0.325 e. The SMILES string of the molecule is Cc1ncc(NC(=O)N2CCC(C(C)(C)Sc3cn(C)nc3C(F)F)CC2)cn1. The lowest BCUT2D eigenvalue weighted by Crippen LogP contribution is -2.44. The summed E-state index contributed by atoms with van der Waals surface area (Å²) in [5.74, 6) is 0.942. The fourth-order valence-corrected chi connectivity index (χ4v) is 4.93. The standard InChI is InChI=1S/C19H26F2N6OS/c1-12-22-9-14(10-23-12)24-18(28)27-7-5-13(6-8-27)19(2,3)29-15-11-26(4)25-16(15)17(20)21/h9-11,13,17H,5-8H2,1-4H3,(H,24,28). The number of thioether (sulfide) groups is 1. The van der Waals surface area contributed by atoms with Gasteiger partial charge in [0, 0.05) is 31.1 Å². The molecule has 0 bridgehead atoms. The van der Waals surface area contributed by atoms with Crippen LogP contribution < -0.4 is 5.32 Å². The fraction of sp³-hybridized carbons (Fsp3) is 0.579. The lowest BCUT2D eigenvalue weighted by Gasteiger charge is -2.40. The molecule has 0 unspecified atom stereocenters. The minimum absolute atomic E-state index is 0.164. The molecule has 3 rings (SSSR count). The van der Waals surface area contributed by atoms with Crippen molar-refractivity contribution in [3.63, 3.8) is 0 Å². The van der Waals surface area contributed by atoms with Crippen molar-refractivity contribution in [1.29, 1.82) is 0 Å². The number of hydrogen-bond acceptors (Lipinski definition) is 5. The van der Waals surface area contributed by atoms with Crippen molar-refractivity contribution in [2.24, 2.45) is 13.0 Å². The number of hydrogen-bond donors (Lipinski definition) is 1. The predicted molar refractivity (Wildman–Crippen MR) is 108 cm³/mol. The largest absolute Gasteiger partial charge is 0.325 e. The number of aryl methyl sites for hydroxylation is 2. The molecular formula is C19H26F2N6OS. The molecule has 1 aliphatic heterocycles. The van der Waals surface area contributed by atoms with Gasteiger partial charge in [-0.05, 0) is 25.7 Å². The van der Waals surface area contributed by atoms with Gasteiger partial charge in [-0.25, -0.2) is 23.5 Å². The topological polar surface area (TPSA) is 75.9 Å². The van der Waals surface area contributed by atoms with E-state index in [2.05, 4.69) is 34.2 Å². The molecule has 3 heterocycles. The van der Waals surface area contributed by atoms with Crippen LogP contribution in [0.3, 0.4) is 0 Å². The second-order valence-electron chi connectivity index (χ2n) is 7.77. The highest BCUT2D eigenvalue weighted by molar-refractivity contribution is 8.00. The number of likely N-dealkylation sites (tertiary alicyclic amines) is 1. The first-order valence-corrected chi connectivity index (χ1v) is 10.3. The predicted octanol–water partition coefficient (Wildman–Crippen LogP) is 4.27. The molecule has 0 atom stereocenters. The van der Waals surface area contributed by atoms with Crippen LogP contribution in [0.15, 0.2) is 23.5 Å². The Balaban J connectivity index is 1.57. The Morgan fingerprint density at radius 3 is 2.48 bits per heavy atom. The molecule has 0 saturated carbocycles. The van der Waals surface area contributed by atoms with Crippen LogP contribution in [-0.4, -0.2) is 48.5 Å². The highest BCUT2D eigenvalue weighted by atomic mass is 32.2. The second-order valence-corrected chi connectivity index (χ2v) is 9.47. The molecule has 2 amide bonds. The Morgan fingerprint density at radius 1 is 1.28 bits per heavy atom. The molecule has 29 heavy (non-hydrogen) atoms. The fourth-order valence-electron chi connectivity index (χ4n) is 3.52. The number of nitrogens with zero attached hydrogens (tertiary/aromatic N) is 5. The first kappa shape index (κ1) is 21.5. The van der Waals surface area contributed by atoms with Gasteiger partial charge in [-0.15, -0.1) is 11.8 Å². The van der Waals surface area contributed by atoms with Gasteiger partial charge in [0.25, 0.3) is 6.43 Å². The van der Waals surface area contributed by atoms with Crippen LogP contribution in [0.1, 0.15) is 44.6 Å². The van der Waals surface area contributed by atoms with Crippen LogP contribution in [0.5, 0.6) is 0 Å². The number of alkyl halides is 2. The molecule has 0 aliphatic carbocycles. The van der Waals surface area contributed by atoms with Gasteiger partial charge in [0.15, 0.2) is 0 Å². The van der Waals surface area contributed by atoms with Crippen molar-refractivity contribution in [2.75, 3.05) is 18.4 Å². The van der Waals surface area contributed by atoms with Crippen molar-refractivity contribution in [1.82, 2.24) is 24.6 Å².